The summed E-state index contributed by atoms with van der Waals surface area (Å²) in [6, 6.07) is 19.8. The van der Waals surface area contributed by atoms with Crippen LogP contribution in [0.15, 0.2) is 60.7 Å². The molecule has 0 aliphatic rings. The van der Waals surface area contributed by atoms with Crippen LogP contribution in [0.2, 0.25) is 0 Å². The molecule has 1 atom stereocenters. The van der Waals surface area contributed by atoms with Gasteiger partial charge in [0.15, 0.2) is 6.10 Å². The van der Waals surface area contributed by atoms with Gasteiger partial charge in [0, 0.05) is 5.69 Å². The van der Waals surface area contributed by atoms with E-state index in [4.69, 9.17) is 4.74 Å². The Morgan fingerprint density at radius 1 is 0.958 bits per heavy atom. The molecule has 0 bridgehead atoms. The zero-order valence-electron chi connectivity index (χ0n) is 14.2. The van der Waals surface area contributed by atoms with Crippen molar-refractivity contribution in [2.24, 2.45) is 0 Å². The van der Waals surface area contributed by atoms with E-state index in [1.54, 1.807) is 6.92 Å². The highest BCUT2D eigenvalue weighted by Gasteiger charge is 2.16. The van der Waals surface area contributed by atoms with E-state index >= 15 is 0 Å². The number of anilines is 1. The summed E-state index contributed by atoms with van der Waals surface area (Å²) in [6.07, 6.45) is -0.578. The van der Waals surface area contributed by atoms with Gasteiger partial charge in [-0.15, -0.1) is 0 Å². The maximum Gasteiger partial charge on any atom is 0.265 e. The maximum atomic E-state index is 12.4. The van der Waals surface area contributed by atoms with E-state index in [1.165, 1.54) is 0 Å². The van der Waals surface area contributed by atoms with Crippen molar-refractivity contribution in [3.8, 4) is 5.75 Å². The summed E-state index contributed by atoms with van der Waals surface area (Å²) < 4.78 is 5.81. The Balaban J connectivity index is 1.72. The third kappa shape index (κ3) is 3.40. The zero-order chi connectivity index (χ0) is 17.1. The average molecular weight is 319 g/mol. The molecule has 24 heavy (non-hydrogen) atoms. The molecule has 0 aliphatic heterocycles. The molecule has 3 aromatic carbocycles. The number of benzene rings is 3. The number of hydrogen-bond donors (Lipinski definition) is 1. The molecular formula is C21H21NO2. The van der Waals surface area contributed by atoms with Crippen LogP contribution in [0.1, 0.15) is 18.1 Å². The third-order valence-corrected chi connectivity index (χ3v) is 4.27. The van der Waals surface area contributed by atoms with E-state index in [9.17, 15) is 4.79 Å². The monoisotopic (exact) mass is 319 g/mol. The van der Waals surface area contributed by atoms with Gasteiger partial charge >= 0.3 is 0 Å². The molecule has 0 aromatic heterocycles. The fourth-order valence-electron chi connectivity index (χ4n) is 2.62. The number of carbonyl (C=O) groups is 1. The second-order valence-corrected chi connectivity index (χ2v) is 6.01. The first-order valence-electron chi connectivity index (χ1n) is 8.07. The van der Waals surface area contributed by atoms with Crippen LogP contribution in [-0.2, 0) is 4.79 Å². The Hall–Kier alpha value is -2.81. The summed E-state index contributed by atoms with van der Waals surface area (Å²) in [5.41, 5.74) is 3.05. The van der Waals surface area contributed by atoms with Gasteiger partial charge in [-0.2, -0.15) is 0 Å². The Labute approximate surface area is 142 Å². The van der Waals surface area contributed by atoms with Gasteiger partial charge in [-0.05, 0) is 60.9 Å². The van der Waals surface area contributed by atoms with Crippen molar-refractivity contribution < 1.29 is 9.53 Å². The molecule has 0 spiro atoms. The molecular weight excluding hydrogens is 298 g/mol. The lowest BCUT2D eigenvalue weighted by Crippen LogP contribution is -2.30. The smallest absolute Gasteiger partial charge is 0.265 e. The number of amides is 1. The SMILES string of the molecule is Cc1cccc(NC(=O)[C@H](C)Oc2ccc3ccccc3c2)c1C. The number of rotatable bonds is 4. The topological polar surface area (TPSA) is 38.3 Å². The van der Waals surface area contributed by atoms with Gasteiger partial charge < -0.3 is 10.1 Å². The Morgan fingerprint density at radius 2 is 1.71 bits per heavy atom. The van der Waals surface area contributed by atoms with Crippen molar-refractivity contribution in [2.75, 3.05) is 5.32 Å². The van der Waals surface area contributed by atoms with Crippen LogP contribution in [0.4, 0.5) is 5.69 Å². The molecule has 0 saturated heterocycles. The molecule has 1 amide bonds. The Bertz CT molecular complexity index is 886. The zero-order valence-corrected chi connectivity index (χ0v) is 14.2. The standard InChI is InChI=1S/C21H21NO2/c1-14-7-6-10-20(15(14)2)22-21(23)16(3)24-19-12-11-17-8-4-5-9-18(17)13-19/h4-13,16H,1-3H3,(H,22,23)/t16-/m0/s1. The summed E-state index contributed by atoms with van der Waals surface area (Å²) in [5.74, 6) is 0.536. The number of fused-ring (bicyclic) bond motifs is 1. The molecule has 3 heteroatoms. The van der Waals surface area contributed by atoms with Gasteiger partial charge in [0.05, 0.1) is 0 Å². The molecule has 3 rings (SSSR count). The minimum atomic E-state index is -0.578. The lowest BCUT2D eigenvalue weighted by molar-refractivity contribution is -0.122. The van der Waals surface area contributed by atoms with Crippen LogP contribution in [0, 0.1) is 13.8 Å². The van der Waals surface area contributed by atoms with Crippen LogP contribution in [0.3, 0.4) is 0 Å². The fraction of sp³-hybridized carbons (Fsp3) is 0.190. The van der Waals surface area contributed by atoms with Crippen molar-refractivity contribution in [3.05, 3.63) is 71.8 Å². The van der Waals surface area contributed by atoms with Gasteiger partial charge in [0.25, 0.3) is 5.91 Å². The normalized spacial score (nSPS) is 12.0. The first-order valence-corrected chi connectivity index (χ1v) is 8.07. The number of nitrogens with one attached hydrogen (secondary N) is 1. The molecule has 0 aliphatic carbocycles. The predicted octanol–water partition coefficient (Wildman–Crippen LogP) is 4.86. The van der Waals surface area contributed by atoms with Crippen LogP contribution in [-0.4, -0.2) is 12.0 Å². The van der Waals surface area contributed by atoms with Crippen molar-refractivity contribution in [3.63, 3.8) is 0 Å². The molecule has 0 radical (unpaired) electrons. The molecule has 1 N–H and O–H groups in total. The fourth-order valence-corrected chi connectivity index (χ4v) is 2.62. The second-order valence-electron chi connectivity index (χ2n) is 6.01. The van der Waals surface area contributed by atoms with E-state index < -0.39 is 6.10 Å². The minimum Gasteiger partial charge on any atom is -0.481 e. The first-order chi connectivity index (χ1) is 11.5. The number of aryl methyl sites for hydroxylation is 1. The highest BCUT2D eigenvalue weighted by molar-refractivity contribution is 5.95. The summed E-state index contributed by atoms with van der Waals surface area (Å²) >= 11 is 0. The molecule has 0 saturated carbocycles. The Morgan fingerprint density at radius 3 is 2.50 bits per heavy atom. The largest absolute Gasteiger partial charge is 0.481 e. The second kappa shape index (κ2) is 6.75. The number of ether oxygens (including phenoxy) is 1. The van der Waals surface area contributed by atoms with Gasteiger partial charge in [0.2, 0.25) is 0 Å². The predicted molar refractivity (Wildman–Crippen MR) is 98.6 cm³/mol. The number of hydrogen-bond acceptors (Lipinski definition) is 2. The summed E-state index contributed by atoms with van der Waals surface area (Å²) in [5, 5.41) is 5.19. The van der Waals surface area contributed by atoms with Gasteiger partial charge in [0.1, 0.15) is 5.75 Å². The molecule has 3 nitrogen and oxygen atoms in total. The van der Waals surface area contributed by atoms with Crippen molar-refractivity contribution in [2.45, 2.75) is 26.9 Å². The molecule has 0 fully saturated rings. The van der Waals surface area contributed by atoms with Gasteiger partial charge in [-0.1, -0.05) is 42.5 Å². The lowest BCUT2D eigenvalue weighted by Gasteiger charge is -2.16. The minimum absolute atomic E-state index is 0.156. The highest BCUT2D eigenvalue weighted by Crippen LogP contribution is 2.22. The van der Waals surface area contributed by atoms with Crippen LogP contribution in [0.25, 0.3) is 10.8 Å². The number of carbonyl (C=O) groups excluding carboxylic acids is 1. The van der Waals surface area contributed by atoms with Crippen molar-refractivity contribution in [1.82, 2.24) is 0 Å². The first kappa shape index (κ1) is 16.1. The summed E-state index contributed by atoms with van der Waals surface area (Å²) in [7, 11) is 0. The molecule has 3 aromatic rings. The molecule has 0 heterocycles. The highest BCUT2D eigenvalue weighted by atomic mass is 16.5. The summed E-state index contributed by atoms with van der Waals surface area (Å²) in [4.78, 5) is 12.4. The Kier molecular flexibility index (Phi) is 4.52. The average Bonchev–Trinajstić information content (AvgIpc) is 2.58. The molecule has 122 valence electrons. The van der Waals surface area contributed by atoms with Crippen molar-refractivity contribution in [1.29, 1.82) is 0 Å². The van der Waals surface area contributed by atoms with Gasteiger partial charge in [-0.25, -0.2) is 0 Å². The van der Waals surface area contributed by atoms with Crippen LogP contribution in [0.5, 0.6) is 5.75 Å². The van der Waals surface area contributed by atoms with E-state index in [2.05, 4.69) is 11.4 Å². The van der Waals surface area contributed by atoms with E-state index in [-0.39, 0.29) is 5.91 Å². The van der Waals surface area contributed by atoms with E-state index in [1.807, 2.05) is 68.4 Å². The van der Waals surface area contributed by atoms with E-state index in [0.29, 0.717) is 5.75 Å². The lowest BCUT2D eigenvalue weighted by atomic mass is 10.1. The van der Waals surface area contributed by atoms with Crippen LogP contribution >= 0.6 is 0 Å². The molecule has 0 unspecified atom stereocenters. The van der Waals surface area contributed by atoms with Gasteiger partial charge in [-0.3, -0.25) is 4.79 Å². The maximum absolute atomic E-state index is 12.4. The van der Waals surface area contributed by atoms with Crippen LogP contribution < -0.4 is 10.1 Å². The van der Waals surface area contributed by atoms with Crippen molar-refractivity contribution >= 4 is 22.4 Å². The third-order valence-electron chi connectivity index (χ3n) is 4.27. The summed E-state index contributed by atoms with van der Waals surface area (Å²) in [6.45, 7) is 5.79. The quantitative estimate of drug-likeness (QED) is 0.745. The van der Waals surface area contributed by atoms with E-state index in [0.717, 1.165) is 27.6 Å².